The standard InChI is InChI=1S/C45H53N8O11P/c1-27(60-2)39(51-45(57)62-4)43(55)53-23-7-9-38(53)41-47-26-36(49-41)32-18-14-30(15-19-32)29-12-16-31(17-13-29)35-25-46-40(48-35)37-8-6-22-52(37)42(54)34(50-44(56)61-3)24-28-10-20-33(21-11-28)64-65(58,59)63-5/h10-21,25-27,34,37-39H,6-9,22-24H2,1-5H3,(H,46,48)(H,47,49)(H,50,56)(H,51,57)(H,58,59)/t27-,34+,37+,38+,39+/m1/s1. The van der Waals surface area contributed by atoms with Crippen LogP contribution in [0.15, 0.2) is 85.2 Å². The number of benzene rings is 3. The van der Waals surface area contributed by atoms with Crippen molar-refractivity contribution in [1.29, 1.82) is 0 Å². The van der Waals surface area contributed by atoms with Gasteiger partial charge in [-0.1, -0.05) is 60.7 Å². The second-order valence-electron chi connectivity index (χ2n) is 15.7. The molecule has 0 bridgehead atoms. The second kappa shape index (κ2) is 20.5. The van der Waals surface area contributed by atoms with Gasteiger partial charge in [-0.05, 0) is 72.6 Å². The summed E-state index contributed by atoms with van der Waals surface area (Å²) in [7, 11) is 0.777. The number of aromatic nitrogens is 4. The second-order valence-corrected chi connectivity index (χ2v) is 17.2. The fraction of sp³-hybridized carbons (Fsp3) is 0.378. The van der Waals surface area contributed by atoms with Crippen LogP contribution in [-0.2, 0) is 39.3 Å². The summed E-state index contributed by atoms with van der Waals surface area (Å²) in [5.41, 5.74) is 6.13. The lowest BCUT2D eigenvalue weighted by Gasteiger charge is -2.30. The molecule has 2 saturated heterocycles. The number of hydrogen-bond donors (Lipinski definition) is 5. The number of alkyl carbamates (subject to hydrolysis) is 2. The van der Waals surface area contributed by atoms with Crippen molar-refractivity contribution in [2.75, 3.05) is 41.5 Å². The maximum absolute atomic E-state index is 14.1. The largest absolute Gasteiger partial charge is 0.527 e. The minimum absolute atomic E-state index is 0.106. The normalized spacial score (nSPS) is 18.3. The smallest absolute Gasteiger partial charge is 0.453 e. The van der Waals surface area contributed by atoms with Crippen LogP contribution in [0.3, 0.4) is 0 Å². The highest BCUT2D eigenvalue weighted by Crippen LogP contribution is 2.43. The van der Waals surface area contributed by atoms with E-state index in [4.69, 9.17) is 18.7 Å². The molecule has 4 amide bonds. The van der Waals surface area contributed by atoms with Gasteiger partial charge in [0.05, 0.1) is 56.2 Å². The van der Waals surface area contributed by atoms with Crippen LogP contribution in [-0.4, -0.2) is 118 Å². The number of nitrogens with zero attached hydrogens (tertiary/aromatic N) is 4. The molecule has 0 aliphatic carbocycles. The van der Waals surface area contributed by atoms with Crippen LogP contribution in [0.4, 0.5) is 9.59 Å². The van der Waals surface area contributed by atoms with E-state index in [-0.39, 0.29) is 36.1 Å². The number of phosphoric acid groups is 1. The van der Waals surface area contributed by atoms with Gasteiger partial charge in [-0.2, -0.15) is 0 Å². The lowest BCUT2D eigenvalue weighted by Crippen LogP contribution is -2.54. The minimum Gasteiger partial charge on any atom is -0.453 e. The third-order valence-corrected chi connectivity index (χ3v) is 12.7. The number of nitrogens with one attached hydrogen (secondary N) is 4. The first kappa shape index (κ1) is 46.5. The monoisotopic (exact) mass is 912 g/mol. The summed E-state index contributed by atoms with van der Waals surface area (Å²) >= 11 is 0. The van der Waals surface area contributed by atoms with Gasteiger partial charge in [-0.25, -0.2) is 24.1 Å². The maximum Gasteiger partial charge on any atom is 0.527 e. The molecule has 0 spiro atoms. The predicted octanol–water partition coefficient (Wildman–Crippen LogP) is 6.31. The van der Waals surface area contributed by atoms with Gasteiger partial charge in [0.15, 0.2) is 0 Å². The lowest BCUT2D eigenvalue weighted by molar-refractivity contribution is -0.137. The molecule has 2 aliphatic heterocycles. The van der Waals surface area contributed by atoms with Crippen LogP contribution in [0.1, 0.15) is 61.9 Å². The summed E-state index contributed by atoms with van der Waals surface area (Å²) in [6.45, 7) is 2.71. The van der Waals surface area contributed by atoms with Crippen LogP contribution < -0.4 is 15.2 Å². The molecule has 1 unspecified atom stereocenters. The molecule has 2 fully saturated rings. The number of carbonyl (C=O) groups is 4. The Balaban J connectivity index is 0.992. The molecule has 6 atom stereocenters. The number of hydrogen-bond acceptors (Lipinski definition) is 12. The SMILES string of the molecule is COC(=O)N[C@@H](Cc1ccc(OP(=O)(O)OC)cc1)C(=O)N1CCC[C@H]1c1ncc(-c2ccc(-c3ccc(-c4cnc([C@@H]5CCCN5C(=O)[C@@H](NC(=O)OC)[C@@H](C)OC)[nH]4)cc3)cc2)[nH]1. The Kier molecular flexibility index (Phi) is 14.7. The van der Waals surface area contributed by atoms with E-state index in [2.05, 4.69) is 35.1 Å². The molecular weight excluding hydrogens is 860 g/mol. The number of likely N-dealkylation sites (tertiary alicyclic amines) is 2. The third kappa shape index (κ3) is 10.9. The molecule has 7 rings (SSSR count). The number of ether oxygens (including phenoxy) is 3. The Bertz CT molecular complexity index is 2500. The van der Waals surface area contributed by atoms with Crippen LogP contribution in [0.25, 0.3) is 33.6 Å². The minimum atomic E-state index is -4.25. The van der Waals surface area contributed by atoms with Crippen LogP contribution in [0.5, 0.6) is 5.75 Å². The number of methoxy groups -OCH3 is 3. The van der Waals surface area contributed by atoms with Crippen molar-refractivity contribution in [2.45, 2.75) is 69.3 Å². The summed E-state index contributed by atoms with van der Waals surface area (Å²) in [6, 6.07) is 19.9. The maximum atomic E-state index is 14.1. The quantitative estimate of drug-likeness (QED) is 0.0683. The molecule has 2 aromatic heterocycles. The van der Waals surface area contributed by atoms with Crippen LogP contribution >= 0.6 is 7.82 Å². The summed E-state index contributed by atoms with van der Waals surface area (Å²) in [6.07, 6.45) is 4.54. The first-order chi connectivity index (χ1) is 31.3. The third-order valence-electron chi connectivity index (χ3n) is 11.8. The zero-order valence-corrected chi connectivity index (χ0v) is 37.6. The molecule has 65 heavy (non-hydrogen) atoms. The van der Waals surface area contributed by atoms with Crippen molar-refractivity contribution in [1.82, 2.24) is 40.4 Å². The van der Waals surface area contributed by atoms with Crippen molar-refractivity contribution < 1.29 is 51.9 Å². The van der Waals surface area contributed by atoms with E-state index in [1.165, 1.54) is 33.5 Å². The molecule has 4 heterocycles. The van der Waals surface area contributed by atoms with E-state index in [1.54, 1.807) is 41.2 Å². The molecule has 3 aromatic carbocycles. The number of rotatable bonds is 16. The molecule has 2 aliphatic rings. The summed E-state index contributed by atoms with van der Waals surface area (Å²) in [4.78, 5) is 81.4. The summed E-state index contributed by atoms with van der Waals surface area (Å²) < 4.78 is 36.3. The number of carbonyl (C=O) groups excluding carboxylic acids is 4. The molecule has 5 N–H and O–H groups in total. The van der Waals surface area contributed by atoms with Gasteiger partial charge in [-0.3, -0.25) is 19.0 Å². The molecule has 19 nitrogen and oxygen atoms in total. The highest BCUT2D eigenvalue weighted by Gasteiger charge is 2.39. The zero-order chi connectivity index (χ0) is 46.3. The van der Waals surface area contributed by atoms with Gasteiger partial charge >= 0.3 is 20.0 Å². The number of phosphoric ester groups is 1. The predicted molar refractivity (Wildman–Crippen MR) is 237 cm³/mol. The van der Waals surface area contributed by atoms with Crippen molar-refractivity contribution in [3.63, 3.8) is 0 Å². The first-order valence-corrected chi connectivity index (χ1v) is 22.6. The van der Waals surface area contributed by atoms with Gasteiger partial charge in [0.2, 0.25) is 11.8 Å². The average molecular weight is 913 g/mol. The van der Waals surface area contributed by atoms with E-state index in [0.717, 1.165) is 60.0 Å². The molecule has 0 radical (unpaired) electrons. The van der Waals surface area contributed by atoms with Crippen molar-refractivity contribution >= 4 is 31.8 Å². The molecule has 344 valence electrons. The highest BCUT2D eigenvalue weighted by molar-refractivity contribution is 7.47. The first-order valence-electron chi connectivity index (χ1n) is 21.1. The summed E-state index contributed by atoms with van der Waals surface area (Å²) in [5, 5.41) is 5.28. The fourth-order valence-corrected chi connectivity index (χ4v) is 8.66. The average Bonchev–Trinajstić information content (AvgIpc) is 4.18. The molecule has 0 saturated carbocycles. The van der Waals surface area contributed by atoms with E-state index in [9.17, 15) is 28.6 Å². The van der Waals surface area contributed by atoms with Gasteiger partial charge in [0.1, 0.15) is 29.5 Å². The van der Waals surface area contributed by atoms with Crippen molar-refractivity contribution in [3.05, 3.63) is 102 Å². The topological polar surface area (TPSA) is 240 Å². The van der Waals surface area contributed by atoms with Gasteiger partial charge in [-0.15, -0.1) is 0 Å². The van der Waals surface area contributed by atoms with Crippen LogP contribution in [0, 0.1) is 0 Å². The molecular formula is C45H53N8O11P. The number of imidazole rings is 2. The van der Waals surface area contributed by atoms with E-state index in [0.29, 0.717) is 36.7 Å². The van der Waals surface area contributed by atoms with Gasteiger partial charge in [0, 0.05) is 33.7 Å². The van der Waals surface area contributed by atoms with Crippen molar-refractivity contribution in [2.24, 2.45) is 0 Å². The van der Waals surface area contributed by atoms with Gasteiger partial charge in [0.25, 0.3) is 0 Å². The Hall–Kier alpha value is -6.53. The van der Waals surface area contributed by atoms with Crippen LogP contribution in [0.2, 0.25) is 0 Å². The number of H-pyrrole nitrogens is 2. The lowest BCUT2D eigenvalue weighted by atomic mass is 10.0. The zero-order valence-electron chi connectivity index (χ0n) is 36.7. The molecule has 5 aromatic rings. The molecule has 20 heteroatoms. The van der Waals surface area contributed by atoms with E-state index in [1.807, 2.05) is 48.5 Å². The summed E-state index contributed by atoms with van der Waals surface area (Å²) in [5.74, 6) is 0.835. The number of amides is 4. The van der Waals surface area contributed by atoms with Gasteiger partial charge < -0.3 is 49.1 Å². The van der Waals surface area contributed by atoms with E-state index >= 15 is 0 Å². The Labute approximate surface area is 375 Å². The Morgan fingerprint density at radius 3 is 1.68 bits per heavy atom. The fourth-order valence-electron chi connectivity index (χ4n) is 8.19. The van der Waals surface area contributed by atoms with Crippen molar-refractivity contribution in [3.8, 4) is 39.4 Å². The highest BCUT2D eigenvalue weighted by atomic mass is 31.2. The number of aromatic amines is 2. The Morgan fingerprint density at radius 2 is 1.20 bits per heavy atom. The van der Waals surface area contributed by atoms with E-state index < -0.39 is 38.2 Å². The Morgan fingerprint density at radius 1 is 0.723 bits per heavy atom.